The van der Waals surface area contributed by atoms with Crippen LogP contribution in [0.2, 0.25) is 10.0 Å². The summed E-state index contributed by atoms with van der Waals surface area (Å²) in [5.74, 6) is -0.552. The summed E-state index contributed by atoms with van der Waals surface area (Å²) in [7, 11) is 0. The Balaban J connectivity index is 1.25. The number of hydrogen-bond donors (Lipinski definition) is 0. The van der Waals surface area contributed by atoms with Crippen LogP contribution in [-0.4, -0.2) is 80.9 Å². The van der Waals surface area contributed by atoms with Crippen LogP contribution >= 0.6 is 23.2 Å². The molecular formula is C32H35Cl2FN6O4. The molecule has 4 heterocycles. The van der Waals surface area contributed by atoms with Crippen LogP contribution in [0.25, 0.3) is 22.0 Å². The molecule has 1 saturated heterocycles. The smallest absolute Gasteiger partial charge is 0.410 e. The highest BCUT2D eigenvalue weighted by molar-refractivity contribution is 6.42. The van der Waals surface area contributed by atoms with E-state index < -0.39 is 23.8 Å². The zero-order valence-corrected chi connectivity index (χ0v) is 27.1. The van der Waals surface area contributed by atoms with Crippen LogP contribution in [-0.2, 0) is 27.2 Å². The van der Waals surface area contributed by atoms with E-state index >= 15 is 0 Å². The summed E-state index contributed by atoms with van der Waals surface area (Å²) in [5, 5.41) is 6.07. The molecule has 45 heavy (non-hydrogen) atoms. The Labute approximate surface area is 270 Å². The Kier molecular flexibility index (Phi) is 8.43. The summed E-state index contributed by atoms with van der Waals surface area (Å²) in [4.78, 5) is 34.0. The molecule has 2 unspecified atom stereocenters. The number of carbonyl (C=O) groups is 2. The molecule has 6 rings (SSSR count). The fourth-order valence-corrected chi connectivity index (χ4v) is 6.43. The zero-order valence-electron chi connectivity index (χ0n) is 25.6. The van der Waals surface area contributed by atoms with Gasteiger partial charge in [0.2, 0.25) is 0 Å². The minimum Gasteiger partial charge on any atom is -0.464 e. The van der Waals surface area contributed by atoms with Crippen LogP contribution in [0.15, 0.2) is 42.9 Å². The largest absolute Gasteiger partial charge is 0.464 e. The van der Waals surface area contributed by atoms with Crippen LogP contribution in [0.3, 0.4) is 0 Å². The lowest BCUT2D eigenvalue weighted by atomic mass is 10.0. The average Bonchev–Trinajstić information content (AvgIpc) is 3.70. The van der Waals surface area contributed by atoms with Gasteiger partial charge in [0.25, 0.3) is 0 Å². The third-order valence-corrected chi connectivity index (χ3v) is 8.70. The number of nitrogens with zero attached hydrogens (tertiary/aromatic N) is 6. The number of anilines is 1. The summed E-state index contributed by atoms with van der Waals surface area (Å²) in [6.45, 7) is 10.2. The molecule has 2 aromatic carbocycles. The molecule has 1 amide bonds. The maximum atomic E-state index is 14.2. The summed E-state index contributed by atoms with van der Waals surface area (Å²) in [6, 6.07) is 8.73. The van der Waals surface area contributed by atoms with Crippen molar-refractivity contribution in [2.45, 2.75) is 58.5 Å². The van der Waals surface area contributed by atoms with Crippen molar-refractivity contribution in [3.05, 3.63) is 64.3 Å². The summed E-state index contributed by atoms with van der Waals surface area (Å²) < 4.78 is 28.3. The summed E-state index contributed by atoms with van der Waals surface area (Å²) in [6.07, 6.45) is 2.02. The van der Waals surface area contributed by atoms with Gasteiger partial charge in [0.05, 0.1) is 35.2 Å². The van der Waals surface area contributed by atoms with Gasteiger partial charge >= 0.3 is 12.1 Å². The van der Waals surface area contributed by atoms with E-state index in [9.17, 15) is 14.0 Å². The SMILES string of the molecule is CCOC(=O)C(c1ncn2c1CC(F)C2)n1cc2c(Cl)cc(-c3ccc(N4CCN(C(=O)OC(C)(C)C)CC4)cc3)c(Cl)c2n1. The van der Waals surface area contributed by atoms with E-state index in [-0.39, 0.29) is 25.7 Å². The maximum Gasteiger partial charge on any atom is 0.410 e. The number of benzene rings is 2. The minimum absolute atomic E-state index is 0.160. The second kappa shape index (κ2) is 12.2. The van der Waals surface area contributed by atoms with Gasteiger partial charge in [0.1, 0.15) is 17.3 Å². The number of ether oxygens (including phenoxy) is 2. The van der Waals surface area contributed by atoms with Crippen molar-refractivity contribution in [1.29, 1.82) is 0 Å². The van der Waals surface area contributed by atoms with E-state index in [0.717, 1.165) is 11.3 Å². The van der Waals surface area contributed by atoms with Gasteiger partial charge in [-0.3, -0.25) is 4.68 Å². The van der Waals surface area contributed by atoms with E-state index in [4.69, 9.17) is 37.8 Å². The van der Waals surface area contributed by atoms with E-state index in [1.165, 1.54) is 4.68 Å². The van der Waals surface area contributed by atoms with E-state index in [0.29, 0.717) is 64.1 Å². The average molecular weight is 658 g/mol. The van der Waals surface area contributed by atoms with Crippen LogP contribution in [0.4, 0.5) is 14.9 Å². The van der Waals surface area contributed by atoms with Gasteiger partial charge in [-0.25, -0.2) is 19.0 Å². The fraction of sp³-hybridized carbons (Fsp3) is 0.438. The molecule has 0 aliphatic carbocycles. The van der Waals surface area contributed by atoms with Crippen molar-refractivity contribution >= 4 is 51.9 Å². The Morgan fingerprint density at radius 3 is 2.49 bits per heavy atom. The lowest BCUT2D eigenvalue weighted by Gasteiger charge is -2.36. The second-order valence-corrected chi connectivity index (χ2v) is 13.1. The van der Waals surface area contributed by atoms with Crippen LogP contribution in [0.1, 0.15) is 45.1 Å². The number of imidazole rings is 1. The van der Waals surface area contributed by atoms with E-state index in [1.54, 1.807) is 35.0 Å². The van der Waals surface area contributed by atoms with Crippen molar-refractivity contribution < 1.29 is 23.5 Å². The molecule has 0 spiro atoms. The number of carbonyl (C=O) groups excluding carboxylic acids is 2. The highest BCUT2D eigenvalue weighted by Crippen LogP contribution is 2.40. The normalized spacial score (nSPS) is 17.4. The number of esters is 1. The summed E-state index contributed by atoms with van der Waals surface area (Å²) in [5.41, 5.74) is 3.50. The number of piperazine rings is 1. The Bertz CT molecular complexity index is 1740. The van der Waals surface area contributed by atoms with Gasteiger partial charge in [-0.05, 0) is 51.5 Å². The van der Waals surface area contributed by atoms with Gasteiger partial charge in [-0.15, -0.1) is 0 Å². The predicted molar refractivity (Wildman–Crippen MR) is 171 cm³/mol. The molecule has 10 nitrogen and oxygen atoms in total. The van der Waals surface area contributed by atoms with Crippen molar-refractivity contribution in [1.82, 2.24) is 24.2 Å². The molecule has 2 aliphatic heterocycles. The number of aromatic nitrogens is 4. The van der Waals surface area contributed by atoms with Gasteiger partial charge < -0.3 is 23.8 Å². The summed E-state index contributed by atoms with van der Waals surface area (Å²) >= 11 is 13.7. The highest BCUT2D eigenvalue weighted by atomic mass is 35.5. The first kappa shape index (κ1) is 31.2. The molecule has 4 aromatic rings. The van der Waals surface area contributed by atoms with Crippen LogP contribution in [0.5, 0.6) is 0 Å². The first-order chi connectivity index (χ1) is 21.4. The van der Waals surface area contributed by atoms with Gasteiger partial charge in [0.15, 0.2) is 6.04 Å². The predicted octanol–water partition coefficient (Wildman–Crippen LogP) is 6.31. The lowest BCUT2D eigenvalue weighted by Crippen LogP contribution is -2.50. The molecule has 2 aliphatic rings. The Hall–Kier alpha value is -3.83. The molecular weight excluding hydrogens is 622 g/mol. The Morgan fingerprint density at radius 2 is 1.82 bits per heavy atom. The van der Waals surface area contributed by atoms with Crippen LogP contribution < -0.4 is 4.90 Å². The van der Waals surface area contributed by atoms with Crippen molar-refractivity contribution in [2.75, 3.05) is 37.7 Å². The fourth-order valence-electron chi connectivity index (χ4n) is 5.88. The monoisotopic (exact) mass is 656 g/mol. The van der Waals surface area contributed by atoms with Crippen LogP contribution in [0, 0.1) is 0 Å². The van der Waals surface area contributed by atoms with Crippen molar-refractivity contribution in [3.8, 4) is 11.1 Å². The quantitative estimate of drug-likeness (QED) is 0.225. The highest BCUT2D eigenvalue weighted by Gasteiger charge is 2.35. The molecule has 0 bridgehead atoms. The zero-order chi connectivity index (χ0) is 32.0. The maximum absolute atomic E-state index is 14.2. The number of amides is 1. The number of fused-ring (bicyclic) bond motifs is 2. The molecule has 0 radical (unpaired) electrons. The number of halogens is 3. The molecule has 0 saturated carbocycles. The molecule has 2 atom stereocenters. The third-order valence-electron chi connectivity index (χ3n) is 8.00. The molecule has 0 N–H and O–H groups in total. The van der Waals surface area contributed by atoms with Crippen molar-refractivity contribution in [2.24, 2.45) is 0 Å². The number of alkyl halides is 1. The van der Waals surface area contributed by atoms with Gasteiger partial charge in [0, 0.05) is 61.1 Å². The van der Waals surface area contributed by atoms with E-state index in [2.05, 4.69) is 9.88 Å². The number of hydrogen-bond acceptors (Lipinski definition) is 7. The first-order valence-electron chi connectivity index (χ1n) is 15.0. The van der Waals surface area contributed by atoms with E-state index in [1.807, 2.05) is 45.0 Å². The standard InChI is InChI=1S/C32H35Cl2FN6O4/c1-5-44-30(42)29(28-25-14-20(35)16-40(25)18-36-28)41-17-23-24(33)15-22(26(34)27(23)37-41)19-6-8-21(9-7-19)38-10-12-39(13-11-38)31(43)45-32(2,3)4/h6-9,15,17-18,20,29H,5,10-14,16H2,1-4H3. The topological polar surface area (TPSA) is 94.7 Å². The van der Waals surface area contributed by atoms with Gasteiger partial charge in [-0.1, -0.05) is 35.3 Å². The number of rotatable bonds is 6. The Morgan fingerprint density at radius 1 is 1.11 bits per heavy atom. The molecule has 2 aromatic heterocycles. The minimum atomic E-state index is -1.04. The third kappa shape index (κ3) is 6.20. The molecule has 1 fully saturated rings. The van der Waals surface area contributed by atoms with Gasteiger partial charge in [-0.2, -0.15) is 5.10 Å². The lowest BCUT2D eigenvalue weighted by molar-refractivity contribution is -0.146. The second-order valence-electron chi connectivity index (χ2n) is 12.3. The molecule has 238 valence electrons. The first-order valence-corrected chi connectivity index (χ1v) is 15.7. The molecule has 13 heteroatoms. The van der Waals surface area contributed by atoms with Crippen molar-refractivity contribution in [3.63, 3.8) is 0 Å².